The number of aromatic carboxylic acids is 1. The summed E-state index contributed by atoms with van der Waals surface area (Å²) in [6.07, 6.45) is -1.57. The number of pyridine rings is 1. The summed E-state index contributed by atoms with van der Waals surface area (Å²) in [5.74, 6) is -1.07. The van der Waals surface area contributed by atoms with E-state index in [-0.39, 0.29) is 11.1 Å². The summed E-state index contributed by atoms with van der Waals surface area (Å²) >= 11 is 0. The normalized spacial score (nSPS) is 12.0. The molecule has 0 aliphatic heterocycles. The molecule has 7 heteroatoms. The zero-order valence-electron chi connectivity index (χ0n) is 13.2. The molecule has 26 heavy (non-hydrogen) atoms. The molecule has 0 saturated heterocycles. The number of fused-ring (bicyclic) bond motifs is 2. The van der Waals surface area contributed by atoms with E-state index in [0.29, 0.717) is 22.0 Å². The van der Waals surface area contributed by atoms with Crippen LogP contribution in [0.5, 0.6) is 0 Å². The lowest BCUT2D eigenvalue weighted by Gasteiger charge is -2.11. The molecule has 4 aromatic rings. The Labute approximate surface area is 145 Å². The fraction of sp³-hybridized carbons (Fsp3) is 0.0526. The molecule has 0 saturated carbocycles. The van der Waals surface area contributed by atoms with Gasteiger partial charge in [-0.2, -0.15) is 13.2 Å². The molecule has 0 radical (unpaired) electrons. The van der Waals surface area contributed by atoms with Gasteiger partial charge in [0.2, 0.25) is 0 Å². The van der Waals surface area contributed by atoms with Crippen LogP contribution in [0.15, 0.2) is 60.9 Å². The summed E-state index contributed by atoms with van der Waals surface area (Å²) in [5.41, 5.74) is 0.743. The fourth-order valence-corrected chi connectivity index (χ4v) is 3.07. The van der Waals surface area contributed by atoms with Crippen molar-refractivity contribution in [2.24, 2.45) is 0 Å². The Morgan fingerprint density at radius 1 is 1.04 bits per heavy atom. The van der Waals surface area contributed by atoms with Crippen molar-refractivity contribution in [3.05, 3.63) is 72.1 Å². The third-order valence-electron chi connectivity index (χ3n) is 4.25. The monoisotopic (exact) mass is 356 g/mol. The quantitative estimate of drug-likeness (QED) is 0.556. The summed E-state index contributed by atoms with van der Waals surface area (Å²) in [6.45, 7) is 0. The molecule has 130 valence electrons. The van der Waals surface area contributed by atoms with Gasteiger partial charge in [0.05, 0.1) is 27.8 Å². The predicted molar refractivity (Wildman–Crippen MR) is 90.5 cm³/mol. The van der Waals surface area contributed by atoms with E-state index in [1.165, 1.54) is 18.5 Å². The Kier molecular flexibility index (Phi) is 3.47. The molecule has 1 N–H and O–H groups in total. The SMILES string of the molecule is O=C(O)c1cn(-c2ccnc3cc(C(F)(F)F)ccc23)c2ccccc12. The standard InChI is InChI=1S/C19H11F3N2O2/c20-19(21,22)11-5-6-13-15(9-11)23-8-7-17(13)24-10-14(18(25)26)12-3-1-2-4-16(12)24/h1-10H,(H,25,26). The molecule has 0 fully saturated rings. The Bertz CT molecular complexity index is 1160. The second-order valence-corrected chi connectivity index (χ2v) is 5.79. The average Bonchev–Trinajstić information content (AvgIpc) is 3.00. The number of carbonyl (C=O) groups is 1. The molecule has 0 bridgehead atoms. The molecule has 0 aliphatic carbocycles. The van der Waals surface area contributed by atoms with Crippen LogP contribution in [0, 0.1) is 0 Å². The fourth-order valence-electron chi connectivity index (χ4n) is 3.07. The van der Waals surface area contributed by atoms with E-state index in [4.69, 9.17) is 0 Å². The van der Waals surface area contributed by atoms with E-state index in [2.05, 4.69) is 4.98 Å². The van der Waals surface area contributed by atoms with Crippen molar-refractivity contribution in [1.82, 2.24) is 9.55 Å². The van der Waals surface area contributed by atoms with Crippen LogP contribution in [0.25, 0.3) is 27.5 Å². The first-order valence-electron chi connectivity index (χ1n) is 7.66. The second-order valence-electron chi connectivity index (χ2n) is 5.79. The number of para-hydroxylation sites is 1. The van der Waals surface area contributed by atoms with Gasteiger partial charge in [-0.1, -0.05) is 24.3 Å². The van der Waals surface area contributed by atoms with Gasteiger partial charge in [-0.25, -0.2) is 4.79 Å². The maximum Gasteiger partial charge on any atom is 0.416 e. The smallest absolute Gasteiger partial charge is 0.416 e. The van der Waals surface area contributed by atoms with E-state index in [1.54, 1.807) is 34.9 Å². The van der Waals surface area contributed by atoms with Crippen molar-refractivity contribution in [2.75, 3.05) is 0 Å². The number of hydrogen-bond acceptors (Lipinski definition) is 2. The van der Waals surface area contributed by atoms with Crippen LogP contribution in [0.2, 0.25) is 0 Å². The van der Waals surface area contributed by atoms with Crippen LogP contribution >= 0.6 is 0 Å². The highest BCUT2D eigenvalue weighted by Gasteiger charge is 2.30. The van der Waals surface area contributed by atoms with Gasteiger partial charge < -0.3 is 9.67 Å². The predicted octanol–water partition coefficient (Wildman–Crippen LogP) is 4.90. The van der Waals surface area contributed by atoms with Gasteiger partial charge in [0.15, 0.2) is 0 Å². The van der Waals surface area contributed by atoms with Crippen molar-refractivity contribution < 1.29 is 23.1 Å². The number of halogens is 3. The van der Waals surface area contributed by atoms with Crippen LogP contribution in [-0.2, 0) is 6.18 Å². The number of carboxylic acids is 1. The molecule has 0 amide bonds. The topological polar surface area (TPSA) is 55.1 Å². The third-order valence-corrected chi connectivity index (χ3v) is 4.25. The van der Waals surface area contributed by atoms with E-state index in [0.717, 1.165) is 12.1 Å². The van der Waals surface area contributed by atoms with Crippen LogP contribution < -0.4 is 0 Å². The zero-order valence-corrected chi connectivity index (χ0v) is 13.2. The second kappa shape index (κ2) is 5.59. The highest BCUT2D eigenvalue weighted by molar-refractivity contribution is 6.04. The van der Waals surface area contributed by atoms with Crippen LogP contribution in [0.1, 0.15) is 15.9 Å². The molecule has 0 aliphatic rings. The summed E-state index contributed by atoms with van der Waals surface area (Å²) in [5, 5.41) is 10.5. The first kappa shape index (κ1) is 16.1. The van der Waals surface area contributed by atoms with Crippen LogP contribution in [0.4, 0.5) is 13.2 Å². The lowest BCUT2D eigenvalue weighted by molar-refractivity contribution is -0.137. The largest absolute Gasteiger partial charge is 0.478 e. The Hall–Kier alpha value is -3.35. The van der Waals surface area contributed by atoms with Crippen LogP contribution in [0.3, 0.4) is 0 Å². The Morgan fingerprint density at radius 2 is 1.81 bits per heavy atom. The number of aromatic nitrogens is 2. The number of rotatable bonds is 2. The summed E-state index contributed by atoms with van der Waals surface area (Å²) < 4.78 is 40.5. The highest BCUT2D eigenvalue weighted by Crippen LogP contribution is 2.33. The van der Waals surface area contributed by atoms with Gasteiger partial charge in [0, 0.05) is 23.2 Å². The van der Waals surface area contributed by atoms with Gasteiger partial charge in [0.25, 0.3) is 0 Å². The van der Waals surface area contributed by atoms with E-state index in [9.17, 15) is 23.1 Å². The first-order valence-corrected chi connectivity index (χ1v) is 7.66. The van der Waals surface area contributed by atoms with Crippen molar-refractivity contribution >= 4 is 27.8 Å². The number of carboxylic acid groups (broad SMARTS) is 1. The Balaban J connectivity index is 2.01. The summed E-state index contributed by atoms with van der Waals surface area (Å²) in [4.78, 5) is 15.6. The molecule has 2 aromatic carbocycles. The first-order chi connectivity index (χ1) is 12.4. The van der Waals surface area contributed by atoms with E-state index in [1.807, 2.05) is 0 Å². The van der Waals surface area contributed by atoms with E-state index < -0.39 is 17.7 Å². The zero-order chi connectivity index (χ0) is 18.5. The number of hydrogen-bond donors (Lipinski definition) is 1. The number of benzene rings is 2. The number of nitrogens with zero attached hydrogens (tertiary/aromatic N) is 2. The Morgan fingerprint density at radius 3 is 2.54 bits per heavy atom. The lowest BCUT2D eigenvalue weighted by atomic mass is 10.1. The maximum absolute atomic E-state index is 12.9. The molecule has 0 atom stereocenters. The third kappa shape index (κ3) is 2.48. The van der Waals surface area contributed by atoms with Crippen molar-refractivity contribution in [1.29, 1.82) is 0 Å². The van der Waals surface area contributed by atoms with Gasteiger partial charge in [-0.3, -0.25) is 4.98 Å². The molecule has 0 unspecified atom stereocenters. The van der Waals surface area contributed by atoms with Crippen molar-refractivity contribution in [3.63, 3.8) is 0 Å². The average molecular weight is 356 g/mol. The minimum Gasteiger partial charge on any atom is -0.478 e. The van der Waals surface area contributed by atoms with Crippen molar-refractivity contribution in [2.45, 2.75) is 6.18 Å². The van der Waals surface area contributed by atoms with E-state index >= 15 is 0 Å². The maximum atomic E-state index is 12.9. The molecular weight excluding hydrogens is 345 g/mol. The summed E-state index contributed by atoms with van der Waals surface area (Å²) in [7, 11) is 0. The lowest BCUT2D eigenvalue weighted by Crippen LogP contribution is -2.05. The van der Waals surface area contributed by atoms with Gasteiger partial charge in [0.1, 0.15) is 0 Å². The summed E-state index contributed by atoms with van der Waals surface area (Å²) in [6, 6.07) is 12.0. The molecule has 4 rings (SSSR count). The molecule has 4 nitrogen and oxygen atoms in total. The van der Waals surface area contributed by atoms with Gasteiger partial charge in [-0.15, -0.1) is 0 Å². The minimum absolute atomic E-state index is 0.123. The molecule has 0 spiro atoms. The van der Waals surface area contributed by atoms with Gasteiger partial charge in [-0.05, 0) is 24.3 Å². The minimum atomic E-state index is -4.46. The molecule has 2 heterocycles. The van der Waals surface area contributed by atoms with Gasteiger partial charge >= 0.3 is 12.1 Å². The number of alkyl halides is 3. The molecule has 2 aromatic heterocycles. The molecular formula is C19H11F3N2O2. The van der Waals surface area contributed by atoms with Crippen LogP contribution in [-0.4, -0.2) is 20.6 Å². The van der Waals surface area contributed by atoms with Crippen molar-refractivity contribution in [3.8, 4) is 5.69 Å². The highest BCUT2D eigenvalue weighted by atomic mass is 19.4.